The van der Waals surface area contributed by atoms with Gasteiger partial charge in [-0.1, -0.05) is 16.7 Å². The third-order valence-corrected chi connectivity index (χ3v) is 5.20. The lowest BCUT2D eigenvalue weighted by molar-refractivity contribution is 0.102. The summed E-state index contributed by atoms with van der Waals surface area (Å²) in [6, 6.07) is 1.91. The van der Waals surface area contributed by atoms with Crippen LogP contribution in [0.1, 0.15) is 34.3 Å². The second kappa shape index (κ2) is 6.26. The van der Waals surface area contributed by atoms with Crippen molar-refractivity contribution in [2.24, 2.45) is 7.05 Å². The second-order valence-electron chi connectivity index (χ2n) is 5.20. The molecule has 1 amide bonds. The number of nitrogens with zero attached hydrogens (tertiary/aromatic N) is 4. The molecule has 0 unspecified atom stereocenters. The minimum atomic E-state index is -0.286. The topological polar surface area (TPSA) is 72.7 Å². The molecule has 0 fully saturated rings. The highest BCUT2D eigenvalue weighted by molar-refractivity contribution is 7.98. The summed E-state index contributed by atoms with van der Waals surface area (Å²) in [6.45, 7) is 0. The summed E-state index contributed by atoms with van der Waals surface area (Å²) in [6.07, 6.45) is 6.33. The quantitative estimate of drug-likeness (QED) is 0.872. The SMILES string of the molecule is CSc1c(Cl)c(C(=O)Nc2nnnn2C)cc2c1CCCC2. The molecule has 1 aliphatic rings. The first-order valence-corrected chi connectivity index (χ1v) is 8.64. The smallest absolute Gasteiger partial charge is 0.259 e. The van der Waals surface area contributed by atoms with E-state index >= 15 is 0 Å². The molecule has 2 aromatic rings. The predicted octanol–water partition coefficient (Wildman–Crippen LogP) is 2.72. The number of anilines is 1. The summed E-state index contributed by atoms with van der Waals surface area (Å²) in [4.78, 5) is 13.5. The number of benzene rings is 1. The van der Waals surface area contributed by atoms with E-state index in [9.17, 15) is 4.79 Å². The van der Waals surface area contributed by atoms with Crippen LogP contribution in [0.4, 0.5) is 5.95 Å². The monoisotopic (exact) mass is 337 g/mol. The number of carbonyl (C=O) groups excluding carboxylic acids is 1. The van der Waals surface area contributed by atoms with E-state index in [1.807, 2.05) is 12.3 Å². The molecule has 0 radical (unpaired) electrons. The molecule has 1 aromatic heterocycles. The molecule has 0 saturated heterocycles. The Labute approximate surface area is 137 Å². The summed E-state index contributed by atoms with van der Waals surface area (Å²) in [7, 11) is 1.66. The Bertz CT molecular complexity index is 730. The van der Waals surface area contributed by atoms with Crippen LogP contribution >= 0.6 is 23.4 Å². The fourth-order valence-corrected chi connectivity index (χ4v) is 3.98. The number of thioether (sulfide) groups is 1. The molecule has 116 valence electrons. The molecule has 0 aliphatic heterocycles. The van der Waals surface area contributed by atoms with Crippen LogP contribution in [0, 0.1) is 0 Å². The van der Waals surface area contributed by atoms with Crippen LogP contribution < -0.4 is 5.32 Å². The van der Waals surface area contributed by atoms with Gasteiger partial charge in [-0.15, -0.1) is 11.8 Å². The predicted molar refractivity (Wildman–Crippen MR) is 86.6 cm³/mol. The van der Waals surface area contributed by atoms with Gasteiger partial charge in [0.05, 0.1) is 10.6 Å². The molecule has 8 heteroatoms. The number of hydrogen-bond donors (Lipinski definition) is 1. The molecule has 6 nitrogen and oxygen atoms in total. The minimum absolute atomic E-state index is 0.286. The number of rotatable bonds is 3. The third-order valence-electron chi connectivity index (χ3n) is 3.83. The van der Waals surface area contributed by atoms with Crippen molar-refractivity contribution < 1.29 is 4.79 Å². The van der Waals surface area contributed by atoms with E-state index in [1.54, 1.807) is 18.8 Å². The van der Waals surface area contributed by atoms with E-state index in [0.717, 1.165) is 24.2 Å². The molecule has 1 aliphatic carbocycles. The number of nitrogens with one attached hydrogen (secondary N) is 1. The van der Waals surface area contributed by atoms with Crippen molar-refractivity contribution in [2.75, 3.05) is 11.6 Å². The standard InChI is InChI=1S/C14H16ClN5OS/c1-20-14(17-18-19-20)16-13(21)10-7-8-5-3-4-6-9(8)12(22-2)11(10)15/h7H,3-6H2,1-2H3,(H,16,17,19,21). The Morgan fingerprint density at radius 2 is 2.18 bits per heavy atom. The zero-order chi connectivity index (χ0) is 15.7. The van der Waals surface area contributed by atoms with Gasteiger partial charge in [0.25, 0.3) is 5.91 Å². The first-order valence-electron chi connectivity index (χ1n) is 7.03. The van der Waals surface area contributed by atoms with Crippen molar-refractivity contribution in [1.29, 1.82) is 0 Å². The van der Waals surface area contributed by atoms with Gasteiger partial charge in [0.2, 0.25) is 5.95 Å². The number of carbonyl (C=O) groups is 1. The van der Waals surface area contributed by atoms with E-state index in [4.69, 9.17) is 11.6 Å². The lowest BCUT2D eigenvalue weighted by Crippen LogP contribution is -2.18. The fraction of sp³-hybridized carbons (Fsp3) is 0.429. The molecule has 1 aromatic carbocycles. The fourth-order valence-electron chi connectivity index (χ4n) is 2.72. The lowest BCUT2D eigenvalue weighted by Gasteiger charge is -2.21. The zero-order valence-corrected chi connectivity index (χ0v) is 14.0. The van der Waals surface area contributed by atoms with Crippen LogP contribution in [0.3, 0.4) is 0 Å². The van der Waals surface area contributed by atoms with E-state index in [-0.39, 0.29) is 5.91 Å². The zero-order valence-electron chi connectivity index (χ0n) is 12.4. The number of fused-ring (bicyclic) bond motifs is 1. The molecule has 1 heterocycles. The maximum absolute atomic E-state index is 12.5. The lowest BCUT2D eigenvalue weighted by atomic mass is 9.90. The number of amides is 1. The van der Waals surface area contributed by atoms with Gasteiger partial charge in [-0.25, -0.2) is 4.68 Å². The van der Waals surface area contributed by atoms with Crippen molar-refractivity contribution in [3.63, 3.8) is 0 Å². The van der Waals surface area contributed by atoms with Crippen LogP contribution in [0.5, 0.6) is 0 Å². The molecule has 0 spiro atoms. The normalized spacial score (nSPS) is 13.8. The largest absolute Gasteiger partial charge is 0.289 e. The van der Waals surface area contributed by atoms with Crippen LogP contribution in [0.25, 0.3) is 0 Å². The van der Waals surface area contributed by atoms with Crippen molar-refractivity contribution in [2.45, 2.75) is 30.6 Å². The van der Waals surface area contributed by atoms with E-state index in [2.05, 4.69) is 20.8 Å². The molecular formula is C14H16ClN5OS. The van der Waals surface area contributed by atoms with Crippen molar-refractivity contribution >= 4 is 35.2 Å². The molecule has 3 rings (SSSR count). The Balaban J connectivity index is 1.99. The van der Waals surface area contributed by atoms with Gasteiger partial charge in [0.15, 0.2) is 0 Å². The van der Waals surface area contributed by atoms with Crippen LogP contribution in [0.2, 0.25) is 5.02 Å². The third kappa shape index (κ3) is 2.70. The minimum Gasteiger partial charge on any atom is -0.289 e. The Hall–Kier alpha value is -1.60. The number of hydrogen-bond acceptors (Lipinski definition) is 5. The second-order valence-corrected chi connectivity index (χ2v) is 6.39. The summed E-state index contributed by atoms with van der Waals surface area (Å²) >= 11 is 8.08. The van der Waals surface area contributed by atoms with Crippen LogP contribution in [-0.4, -0.2) is 32.4 Å². The highest BCUT2D eigenvalue weighted by Crippen LogP contribution is 2.38. The first-order chi connectivity index (χ1) is 10.6. The average Bonchev–Trinajstić information content (AvgIpc) is 2.91. The molecule has 0 saturated carbocycles. The van der Waals surface area contributed by atoms with Crippen LogP contribution in [0.15, 0.2) is 11.0 Å². The van der Waals surface area contributed by atoms with Gasteiger partial charge in [0, 0.05) is 11.9 Å². The van der Waals surface area contributed by atoms with Gasteiger partial charge in [-0.2, -0.15) is 0 Å². The summed E-state index contributed by atoms with van der Waals surface area (Å²) < 4.78 is 1.40. The summed E-state index contributed by atoms with van der Waals surface area (Å²) in [5, 5.41) is 14.2. The molecule has 1 N–H and O–H groups in total. The molecule has 0 atom stereocenters. The number of halogens is 1. The van der Waals surface area contributed by atoms with Crippen molar-refractivity contribution in [3.8, 4) is 0 Å². The Morgan fingerprint density at radius 1 is 1.41 bits per heavy atom. The highest BCUT2D eigenvalue weighted by atomic mass is 35.5. The van der Waals surface area contributed by atoms with Gasteiger partial charge in [-0.05, 0) is 59.6 Å². The van der Waals surface area contributed by atoms with Crippen molar-refractivity contribution in [3.05, 3.63) is 27.8 Å². The van der Waals surface area contributed by atoms with Crippen molar-refractivity contribution in [1.82, 2.24) is 20.2 Å². The van der Waals surface area contributed by atoms with Crippen LogP contribution in [-0.2, 0) is 19.9 Å². The maximum Gasteiger partial charge on any atom is 0.259 e. The van der Waals surface area contributed by atoms with Gasteiger partial charge in [-0.3, -0.25) is 10.1 Å². The van der Waals surface area contributed by atoms with E-state index in [1.165, 1.54) is 22.2 Å². The first kappa shape index (κ1) is 15.3. The Morgan fingerprint density at radius 3 is 2.86 bits per heavy atom. The van der Waals surface area contributed by atoms with Gasteiger partial charge >= 0.3 is 0 Å². The maximum atomic E-state index is 12.5. The summed E-state index contributed by atoms with van der Waals surface area (Å²) in [5.41, 5.74) is 3.00. The van der Waals surface area contributed by atoms with Gasteiger partial charge in [0.1, 0.15) is 0 Å². The van der Waals surface area contributed by atoms with Gasteiger partial charge < -0.3 is 0 Å². The number of aryl methyl sites for hydroxylation is 2. The molecule has 0 bridgehead atoms. The van der Waals surface area contributed by atoms with E-state index in [0.29, 0.717) is 16.5 Å². The van der Waals surface area contributed by atoms with E-state index < -0.39 is 0 Å². The Kier molecular flexibility index (Phi) is 4.35. The molecule has 22 heavy (non-hydrogen) atoms. The summed E-state index contributed by atoms with van der Waals surface area (Å²) in [5.74, 6) is 0.0102. The average molecular weight is 338 g/mol. The number of aromatic nitrogens is 4. The number of tetrazole rings is 1. The highest BCUT2D eigenvalue weighted by Gasteiger charge is 2.22. The molecular weight excluding hydrogens is 322 g/mol.